The highest BCUT2D eigenvalue weighted by atomic mass is 16.5. The van der Waals surface area contributed by atoms with Crippen molar-refractivity contribution in [2.75, 3.05) is 40.1 Å². The average Bonchev–Trinajstić information content (AvgIpc) is 2.50. The van der Waals surface area contributed by atoms with Gasteiger partial charge in [0.15, 0.2) is 0 Å². The van der Waals surface area contributed by atoms with Gasteiger partial charge in [-0.3, -0.25) is 0 Å². The molecule has 0 fully saturated rings. The molecular formula is C17H38O4. The molecule has 0 rings (SSSR count). The molecule has 0 unspecified atom stereocenters. The standard InChI is InChI=1S/C14H30O2.C3H8O2/c1-2-3-4-5-6-7-8-9-10-11-13-16-14-12-15;1-5-3-2-4/h15H,2-14H2,1H3;4H,2-3H2,1H3. The molecule has 0 aliphatic carbocycles. The Morgan fingerprint density at radius 1 is 0.619 bits per heavy atom. The van der Waals surface area contributed by atoms with E-state index in [1.807, 2.05) is 0 Å². The van der Waals surface area contributed by atoms with Gasteiger partial charge in [0.1, 0.15) is 0 Å². The summed E-state index contributed by atoms with van der Waals surface area (Å²) in [5.74, 6) is 0. The van der Waals surface area contributed by atoms with Crippen molar-refractivity contribution in [1.29, 1.82) is 0 Å². The Morgan fingerprint density at radius 2 is 1.10 bits per heavy atom. The first-order chi connectivity index (χ1) is 10.3. The molecule has 0 aromatic heterocycles. The zero-order valence-corrected chi connectivity index (χ0v) is 14.3. The maximum atomic E-state index is 8.50. The lowest BCUT2D eigenvalue weighted by Crippen LogP contribution is -2.00. The lowest BCUT2D eigenvalue weighted by atomic mass is 10.1. The van der Waals surface area contributed by atoms with Crippen molar-refractivity contribution in [3.63, 3.8) is 0 Å². The van der Waals surface area contributed by atoms with Gasteiger partial charge in [-0.25, -0.2) is 0 Å². The van der Waals surface area contributed by atoms with E-state index < -0.39 is 0 Å². The van der Waals surface area contributed by atoms with Gasteiger partial charge >= 0.3 is 0 Å². The second kappa shape index (κ2) is 24.8. The number of hydrogen-bond donors (Lipinski definition) is 2. The summed E-state index contributed by atoms with van der Waals surface area (Å²) < 4.78 is 9.65. The van der Waals surface area contributed by atoms with Gasteiger partial charge in [-0.2, -0.15) is 0 Å². The summed E-state index contributed by atoms with van der Waals surface area (Å²) in [4.78, 5) is 0. The van der Waals surface area contributed by atoms with Crippen molar-refractivity contribution in [1.82, 2.24) is 0 Å². The van der Waals surface area contributed by atoms with Crippen LogP contribution in [0.15, 0.2) is 0 Å². The molecule has 4 nitrogen and oxygen atoms in total. The van der Waals surface area contributed by atoms with Crippen molar-refractivity contribution in [2.24, 2.45) is 0 Å². The third kappa shape index (κ3) is 28.7. The molecule has 21 heavy (non-hydrogen) atoms. The van der Waals surface area contributed by atoms with E-state index in [-0.39, 0.29) is 13.2 Å². The average molecular weight is 306 g/mol. The van der Waals surface area contributed by atoms with E-state index in [0.717, 1.165) is 13.0 Å². The summed E-state index contributed by atoms with van der Waals surface area (Å²) in [6.45, 7) is 4.29. The van der Waals surface area contributed by atoms with Crippen LogP contribution in [0.4, 0.5) is 0 Å². The molecule has 0 aromatic carbocycles. The highest BCUT2D eigenvalue weighted by Crippen LogP contribution is 2.10. The lowest BCUT2D eigenvalue weighted by Gasteiger charge is -2.03. The Balaban J connectivity index is 0. The number of rotatable bonds is 15. The zero-order chi connectivity index (χ0) is 16.0. The molecule has 0 radical (unpaired) electrons. The van der Waals surface area contributed by atoms with Gasteiger partial charge in [-0.15, -0.1) is 0 Å². The van der Waals surface area contributed by atoms with Gasteiger partial charge < -0.3 is 19.7 Å². The lowest BCUT2D eigenvalue weighted by molar-refractivity contribution is 0.0895. The monoisotopic (exact) mass is 306 g/mol. The van der Waals surface area contributed by atoms with Crippen molar-refractivity contribution < 1.29 is 19.7 Å². The van der Waals surface area contributed by atoms with Crippen molar-refractivity contribution >= 4 is 0 Å². The van der Waals surface area contributed by atoms with Crippen LogP contribution in [-0.4, -0.2) is 50.4 Å². The van der Waals surface area contributed by atoms with E-state index in [9.17, 15) is 0 Å². The van der Waals surface area contributed by atoms with E-state index >= 15 is 0 Å². The van der Waals surface area contributed by atoms with Crippen LogP contribution >= 0.6 is 0 Å². The van der Waals surface area contributed by atoms with Gasteiger partial charge in [0.05, 0.1) is 26.4 Å². The van der Waals surface area contributed by atoms with E-state index in [0.29, 0.717) is 13.2 Å². The molecule has 0 bridgehead atoms. The first kappa shape index (κ1) is 23.1. The Hall–Kier alpha value is -0.160. The van der Waals surface area contributed by atoms with Gasteiger partial charge in [-0.05, 0) is 6.42 Å². The highest BCUT2D eigenvalue weighted by molar-refractivity contribution is 4.47. The van der Waals surface area contributed by atoms with Crippen molar-refractivity contribution in [2.45, 2.75) is 71.1 Å². The van der Waals surface area contributed by atoms with Crippen LogP contribution in [0.3, 0.4) is 0 Å². The number of methoxy groups -OCH3 is 1. The third-order valence-corrected chi connectivity index (χ3v) is 3.17. The van der Waals surface area contributed by atoms with Gasteiger partial charge in [-0.1, -0.05) is 64.7 Å². The Kier molecular flexibility index (Phi) is 27.3. The molecule has 0 amide bonds. The van der Waals surface area contributed by atoms with E-state index in [1.54, 1.807) is 7.11 Å². The van der Waals surface area contributed by atoms with Gasteiger partial charge in [0.25, 0.3) is 0 Å². The molecule has 0 heterocycles. The number of unbranched alkanes of at least 4 members (excludes halogenated alkanes) is 9. The van der Waals surface area contributed by atoms with Crippen LogP contribution < -0.4 is 0 Å². The fourth-order valence-corrected chi connectivity index (χ4v) is 1.95. The van der Waals surface area contributed by atoms with Crippen molar-refractivity contribution in [3.8, 4) is 0 Å². The minimum Gasteiger partial charge on any atom is -0.394 e. The summed E-state index contributed by atoms with van der Waals surface area (Å²) in [5, 5.41) is 16.4. The number of hydrogen-bond acceptors (Lipinski definition) is 4. The quantitative estimate of drug-likeness (QED) is 0.454. The summed E-state index contributed by atoms with van der Waals surface area (Å²) in [5.41, 5.74) is 0. The number of aliphatic hydroxyl groups is 2. The Bertz CT molecular complexity index is 138. The smallest absolute Gasteiger partial charge is 0.0697 e. The van der Waals surface area contributed by atoms with Crippen LogP contribution in [-0.2, 0) is 9.47 Å². The second-order valence-corrected chi connectivity index (χ2v) is 5.23. The minimum atomic E-state index is 0.122. The maximum Gasteiger partial charge on any atom is 0.0697 e. The number of ether oxygens (including phenoxy) is 2. The van der Waals surface area contributed by atoms with Crippen LogP contribution in [0, 0.1) is 0 Å². The van der Waals surface area contributed by atoms with E-state index in [1.165, 1.54) is 57.8 Å². The molecule has 0 aromatic rings. The molecule has 0 aliphatic rings. The number of aliphatic hydroxyl groups excluding tert-OH is 2. The van der Waals surface area contributed by atoms with Crippen LogP contribution in [0.2, 0.25) is 0 Å². The SMILES string of the molecule is CCCCCCCCCCCCOCCO.COCCO. The summed E-state index contributed by atoms with van der Waals surface area (Å²) in [6.07, 6.45) is 13.6. The minimum absolute atomic E-state index is 0.122. The van der Waals surface area contributed by atoms with E-state index in [2.05, 4.69) is 11.7 Å². The molecule has 0 atom stereocenters. The molecule has 0 spiro atoms. The molecule has 0 aliphatic heterocycles. The topological polar surface area (TPSA) is 58.9 Å². The highest BCUT2D eigenvalue weighted by Gasteiger charge is 1.92. The summed E-state index contributed by atoms with van der Waals surface area (Å²) in [7, 11) is 1.55. The van der Waals surface area contributed by atoms with Gasteiger partial charge in [0.2, 0.25) is 0 Å². The molecule has 130 valence electrons. The maximum absolute atomic E-state index is 8.50. The largest absolute Gasteiger partial charge is 0.394 e. The summed E-state index contributed by atoms with van der Waals surface area (Å²) in [6, 6.07) is 0. The Labute approximate surface area is 131 Å². The fraction of sp³-hybridized carbons (Fsp3) is 1.00. The Morgan fingerprint density at radius 3 is 1.48 bits per heavy atom. The molecular weight excluding hydrogens is 268 g/mol. The molecule has 4 heteroatoms. The third-order valence-electron chi connectivity index (χ3n) is 3.17. The van der Waals surface area contributed by atoms with Crippen LogP contribution in [0.25, 0.3) is 0 Å². The van der Waals surface area contributed by atoms with E-state index in [4.69, 9.17) is 14.9 Å². The van der Waals surface area contributed by atoms with Crippen molar-refractivity contribution in [3.05, 3.63) is 0 Å². The predicted molar refractivity (Wildman–Crippen MR) is 88.7 cm³/mol. The fourth-order valence-electron chi connectivity index (χ4n) is 1.95. The molecule has 2 N–H and O–H groups in total. The second-order valence-electron chi connectivity index (χ2n) is 5.23. The van der Waals surface area contributed by atoms with Crippen LogP contribution in [0.1, 0.15) is 71.1 Å². The first-order valence-corrected chi connectivity index (χ1v) is 8.61. The molecule has 0 saturated heterocycles. The zero-order valence-electron chi connectivity index (χ0n) is 14.3. The first-order valence-electron chi connectivity index (χ1n) is 8.61. The molecule has 0 saturated carbocycles. The van der Waals surface area contributed by atoms with Gasteiger partial charge in [0, 0.05) is 13.7 Å². The normalized spacial score (nSPS) is 10.3. The predicted octanol–water partition coefficient (Wildman–Crippen LogP) is 3.54. The van der Waals surface area contributed by atoms with Crippen LogP contribution in [0.5, 0.6) is 0 Å². The summed E-state index contributed by atoms with van der Waals surface area (Å²) >= 11 is 0.